The van der Waals surface area contributed by atoms with Gasteiger partial charge >= 0.3 is 0 Å². The summed E-state index contributed by atoms with van der Waals surface area (Å²) in [4.78, 5) is 20.0. The van der Waals surface area contributed by atoms with Gasteiger partial charge in [0.25, 0.3) is 5.91 Å². The van der Waals surface area contributed by atoms with Crippen molar-refractivity contribution in [3.05, 3.63) is 41.5 Å². The molecule has 3 aromatic rings. The first kappa shape index (κ1) is 10.0. The summed E-state index contributed by atoms with van der Waals surface area (Å²) in [5, 5.41) is 1.05. The van der Waals surface area contributed by atoms with Crippen molar-refractivity contribution in [2.75, 3.05) is 0 Å². The zero-order valence-corrected chi connectivity index (χ0v) is 9.62. The Kier molecular flexibility index (Phi) is 2.19. The van der Waals surface area contributed by atoms with Crippen molar-refractivity contribution in [3.63, 3.8) is 0 Å². The van der Waals surface area contributed by atoms with Crippen molar-refractivity contribution in [3.8, 4) is 10.4 Å². The zero-order chi connectivity index (χ0) is 11.8. The fraction of sp³-hybridized carbons (Fsp3) is 0. The molecule has 0 aliphatic rings. The van der Waals surface area contributed by atoms with E-state index in [9.17, 15) is 4.79 Å². The van der Waals surface area contributed by atoms with Crippen molar-refractivity contribution in [2.45, 2.75) is 0 Å². The van der Waals surface area contributed by atoms with Gasteiger partial charge in [0, 0.05) is 28.2 Å². The lowest BCUT2D eigenvalue weighted by Crippen LogP contribution is -2.07. The lowest BCUT2D eigenvalue weighted by Gasteiger charge is -1.93. The highest BCUT2D eigenvalue weighted by atomic mass is 32.1. The lowest BCUT2D eigenvalue weighted by atomic mass is 10.2. The number of thiophene rings is 1. The van der Waals surface area contributed by atoms with E-state index in [-0.39, 0.29) is 5.91 Å². The molecule has 0 bridgehead atoms. The molecule has 0 aromatic carbocycles. The minimum atomic E-state index is -0.390. The highest BCUT2D eigenvalue weighted by Crippen LogP contribution is 2.32. The van der Waals surface area contributed by atoms with E-state index < -0.39 is 0 Å². The van der Waals surface area contributed by atoms with Gasteiger partial charge in [-0.3, -0.25) is 4.79 Å². The average Bonchev–Trinajstić information content (AvgIpc) is 2.95. The van der Waals surface area contributed by atoms with Gasteiger partial charge < -0.3 is 10.7 Å². The number of nitrogens with two attached hydrogens (primary N) is 1. The van der Waals surface area contributed by atoms with Gasteiger partial charge in [-0.1, -0.05) is 0 Å². The molecule has 0 aliphatic heterocycles. The zero-order valence-electron chi connectivity index (χ0n) is 8.81. The predicted molar refractivity (Wildman–Crippen MR) is 67.9 cm³/mol. The normalized spacial score (nSPS) is 10.8. The molecular weight excluding hydrogens is 234 g/mol. The van der Waals surface area contributed by atoms with Gasteiger partial charge in [-0.2, -0.15) is 0 Å². The van der Waals surface area contributed by atoms with Crippen LogP contribution in [0.1, 0.15) is 9.67 Å². The van der Waals surface area contributed by atoms with Gasteiger partial charge in [0.15, 0.2) is 0 Å². The van der Waals surface area contributed by atoms with Crippen molar-refractivity contribution >= 4 is 28.3 Å². The number of hydrogen-bond donors (Lipinski definition) is 2. The topological polar surface area (TPSA) is 71.8 Å². The van der Waals surface area contributed by atoms with Gasteiger partial charge in [0.05, 0.1) is 4.88 Å². The quantitative estimate of drug-likeness (QED) is 0.725. The molecular formula is C12H9N3OS. The van der Waals surface area contributed by atoms with Gasteiger partial charge in [0.1, 0.15) is 5.65 Å². The van der Waals surface area contributed by atoms with Gasteiger partial charge in [-0.15, -0.1) is 11.3 Å². The van der Waals surface area contributed by atoms with E-state index in [0.29, 0.717) is 4.88 Å². The smallest absolute Gasteiger partial charge is 0.258 e. The van der Waals surface area contributed by atoms with Gasteiger partial charge in [0.2, 0.25) is 0 Å². The van der Waals surface area contributed by atoms with Crippen molar-refractivity contribution in [1.82, 2.24) is 9.97 Å². The lowest BCUT2D eigenvalue weighted by molar-refractivity contribution is 0.100. The Morgan fingerprint density at radius 1 is 1.35 bits per heavy atom. The van der Waals surface area contributed by atoms with Crippen LogP contribution in [0.2, 0.25) is 0 Å². The van der Waals surface area contributed by atoms with E-state index in [1.165, 1.54) is 11.3 Å². The third-order valence-electron chi connectivity index (χ3n) is 2.57. The monoisotopic (exact) mass is 243 g/mol. The van der Waals surface area contributed by atoms with Gasteiger partial charge in [-0.05, 0) is 24.3 Å². The van der Waals surface area contributed by atoms with E-state index >= 15 is 0 Å². The number of pyridine rings is 1. The summed E-state index contributed by atoms with van der Waals surface area (Å²) >= 11 is 1.39. The van der Waals surface area contributed by atoms with Crippen LogP contribution in [-0.2, 0) is 0 Å². The molecule has 0 radical (unpaired) electrons. The second kappa shape index (κ2) is 3.71. The minimum Gasteiger partial charge on any atom is -0.365 e. The molecule has 0 spiro atoms. The van der Waals surface area contributed by atoms with Crippen LogP contribution >= 0.6 is 11.3 Å². The number of nitrogens with zero attached hydrogens (tertiary/aromatic N) is 1. The molecule has 4 nitrogen and oxygen atoms in total. The molecule has 3 aromatic heterocycles. The van der Waals surface area contributed by atoms with Crippen LogP contribution in [-0.4, -0.2) is 15.9 Å². The molecule has 84 valence electrons. The molecule has 3 rings (SSSR count). The largest absolute Gasteiger partial charge is 0.365 e. The van der Waals surface area contributed by atoms with Crippen molar-refractivity contribution < 1.29 is 4.79 Å². The number of amides is 1. The number of aromatic nitrogens is 2. The number of carbonyl (C=O) groups excluding carboxylic acids is 1. The first-order chi connectivity index (χ1) is 8.25. The van der Waals surface area contributed by atoms with Crippen LogP contribution in [0.4, 0.5) is 0 Å². The molecule has 0 saturated heterocycles. The Morgan fingerprint density at radius 2 is 2.24 bits per heavy atom. The third kappa shape index (κ3) is 1.60. The molecule has 0 atom stereocenters. The maximum atomic E-state index is 11.1. The first-order valence-electron chi connectivity index (χ1n) is 5.08. The molecule has 0 aliphatic carbocycles. The first-order valence-corrected chi connectivity index (χ1v) is 5.89. The Balaban J connectivity index is 2.17. The molecule has 0 saturated carbocycles. The molecule has 0 unspecified atom stereocenters. The Labute approximate surface area is 101 Å². The Bertz CT molecular complexity index is 698. The van der Waals surface area contributed by atoms with E-state index in [1.807, 2.05) is 24.4 Å². The molecule has 0 fully saturated rings. The van der Waals surface area contributed by atoms with Crippen LogP contribution < -0.4 is 5.73 Å². The highest BCUT2D eigenvalue weighted by molar-refractivity contribution is 7.17. The number of H-pyrrole nitrogens is 1. The number of hydrogen-bond acceptors (Lipinski definition) is 3. The van der Waals surface area contributed by atoms with Gasteiger partial charge in [-0.25, -0.2) is 4.98 Å². The van der Waals surface area contributed by atoms with Crippen LogP contribution in [0.15, 0.2) is 36.7 Å². The average molecular weight is 243 g/mol. The van der Waals surface area contributed by atoms with Crippen LogP contribution in [0.25, 0.3) is 21.5 Å². The van der Waals surface area contributed by atoms with E-state index in [1.54, 1.807) is 12.3 Å². The number of aromatic amines is 1. The van der Waals surface area contributed by atoms with Crippen LogP contribution in [0.3, 0.4) is 0 Å². The summed E-state index contributed by atoms with van der Waals surface area (Å²) in [6.45, 7) is 0. The predicted octanol–water partition coefficient (Wildman–Crippen LogP) is 2.39. The second-order valence-corrected chi connectivity index (χ2v) is 4.71. The number of rotatable bonds is 2. The molecule has 3 heterocycles. The number of carbonyl (C=O) groups is 1. The van der Waals surface area contributed by atoms with Crippen molar-refractivity contribution in [1.29, 1.82) is 0 Å². The summed E-state index contributed by atoms with van der Waals surface area (Å²) in [6, 6.07) is 7.54. The third-order valence-corrected chi connectivity index (χ3v) is 3.70. The number of primary amides is 1. The van der Waals surface area contributed by atoms with Crippen LogP contribution in [0, 0.1) is 0 Å². The van der Waals surface area contributed by atoms with E-state index in [0.717, 1.165) is 21.5 Å². The minimum absolute atomic E-state index is 0.390. The molecule has 17 heavy (non-hydrogen) atoms. The highest BCUT2D eigenvalue weighted by Gasteiger charge is 2.10. The summed E-state index contributed by atoms with van der Waals surface area (Å²) in [6.07, 6.45) is 3.64. The summed E-state index contributed by atoms with van der Waals surface area (Å²) in [5.41, 5.74) is 7.14. The number of nitrogens with one attached hydrogen (secondary N) is 1. The molecule has 5 heteroatoms. The van der Waals surface area contributed by atoms with E-state index in [4.69, 9.17) is 5.73 Å². The fourth-order valence-electron chi connectivity index (χ4n) is 1.77. The maximum Gasteiger partial charge on any atom is 0.258 e. The molecule has 1 amide bonds. The standard InChI is InChI=1S/C12H9N3OS/c13-11(16)10-4-3-9(17-10)8-6-15-12-7(8)2-1-5-14-12/h1-6H,(H2,13,16)(H,14,15). The number of fused-ring (bicyclic) bond motifs is 1. The van der Waals surface area contributed by atoms with Crippen molar-refractivity contribution in [2.24, 2.45) is 5.73 Å². The summed E-state index contributed by atoms with van der Waals surface area (Å²) < 4.78 is 0. The van der Waals surface area contributed by atoms with E-state index in [2.05, 4.69) is 9.97 Å². The maximum absolute atomic E-state index is 11.1. The summed E-state index contributed by atoms with van der Waals surface area (Å²) in [5.74, 6) is -0.390. The van der Waals surface area contributed by atoms with Crippen LogP contribution in [0.5, 0.6) is 0 Å². The Morgan fingerprint density at radius 3 is 3.00 bits per heavy atom. The Hall–Kier alpha value is -2.14. The molecule has 3 N–H and O–H groups in total. The fourth-order valence-corrected chi connectivity index (χ4v) is 2.66. The summed E-state index contributed by atoms with van der Waals surface area (Å²) in [7, 11) is 0. The SMILES string of the molecule is NC(=O)c1ccc(-c2c[nH]c3ncccc23)s1. The second-order valence-electron chi connectivity index (χ2n) is 3.63.